The number of nitrogens with one attached hydrogen (secondary N) is 1. The molecule has 1 aromatic heterocycles. The molecule has 0 radical (unpaired) electrons. The fourth-order valence-electron chi connectivity index (χ4n) is 4.20. The first-order valence-electron chi connectivity index (χ1n) is 9.40. The number of aromatic nitrogens is 2. The van der Waals surface area contributed by atoms with Crippen molar-refractivity contribution < 1.29 is 9.59 Å². The third-order valence-electron chi connectivity index (χ3n) is 5.68. The predicted molar refractivity (Wildman–Crippen MR) is 110 cm³/mol. The summed E-state index contributed by atoms with van der Waals surface area (Å²) in [6.45, 7) is 1.71. The van der Waals surface area contributed by atoms with Crippen LogP contribution in [-0.4, -0.2) is 40.0 Å². The molecule has 3 aromatic rings. The summed E-state index contributed by atoms with van der Waals surface area (Å²) in [7, 11) is 0. The normalized spacial score (nSPS) is 19.3. The van der Waals surface area contributed by atoms with Crippen LogP contribution < -0.4 is 4.90 Å². The Morgan fingerprint density at radius 1 is 1.18 bits per heavy atom. The molecule has 1 unspecified atom stereocenters. The molecule has 1 N–H and O–H groups in total. The first kappa shape index (κ1) is 17.4. The Balaban J connectivity index is 1.36. The number of amides is 2. The van der Waals surface area contributed by atoms with Gasteiger partial charge < -0.3 is 4.90 Å². The summed E-state index contributed by atoms with van der Waals surface area (Å²) in [4.78, 5) is 29.3. The van der Waals surface area contributed by atoms with Crippen molar-refractivity contribution in [3.8, 4) is 0 Å². The minimum absolute atomic E-state index is 0.0490. The van der Waals surface area contributed by atoms with E-state index in [1.54, 1.807) is 4.90 Å². The number of H-pyrrole nitrogens is 1. The molecule has 2 aromatic carbocycles. The molecule has 1 fully saturated rings. The number of halogens is 1. The number of fused-ring (bicyclic) bond motifs is 2. The number of anilines is 1. The number of aromatic amines is 1. The second kappa shape index (κ2) is 6.74. The van der Waals surface area contributed by atoms with Crippen LogP contribution in [-0.2, 0) is 22.6 Å². The van der Waals surface area contributed by atoms with Crippen molar-refractivity contribution >= 4 is 44.5 Å². The van der Waals surface area contributed by atoms with Gasteiger partial charge in [0.25, 0.3) is 0 Å². The summed E-state index contributed by atoms with van der Waals surface area (Å²) in [5.41, 5.74) is 3.37. The summed E-state index contributed by atoms with van der Waals surface area (Å²) in [6.07, 6.45) is 1.10. The van der Waals surface area contributed by atoms with E-state index in [-0.39, 0.29) is 24.2 Å². The number of hydrogen-bond donors (Lipinski definition) is 1. The van der Waals surface area contributed by atoms with E-state index in [0.29, 0.717) is 25.5 Å². The van der Waals surface area contributed by atoms with Crippen LogP contribution in [0.25, 0.3) is 10.9 Å². The molecular formula is C21H19BrN4O2. The maximum Gasteiger partial charge on any atom is 0.229 e. The zero-order valence-corrected chi connectivity index (χ0v) is 16.8. The first-order valence-corrected chi connectivity index (χ1v) is 10.2. The number of carbonyl (C=O) groups is 2. The average molecular weight is 439 g/mol. The highest BCUT2D eigenvalue weighted by atomic mass is 79.9. The lowest BCUT2D eigenvalue weighted by Crippen LogP contribution is -2.40. The molecule has 28 heavy (non-hydrogen) atoms. The number of rotatable bonds is 2. The molecule has 3 heterocycles. The van der Waals surface area contributed by atoms with Crippen molar-refractivity contribution in [2.24, 2.45) is 5.92 Å². The van der Waals surface area contributed by atoms with Gasteiger partial charge in [-0.2, -0.15) is 5.10 Å². The first-order chi connectivity index (χ1) is 13.6. The highest BCUT2D eigenvalue weighted by molar-refractivity contribution is 9.10. The lowest BCUT2D eigenvalue weighted by Gasteiger charge is -2.30. The molecule has 0 aliphatic carbocycles. The lowest BCUT2D eigenvalue weighted by atomic mass is 9.98. The Labute approximate surface area is 170 Å². The van der Waals surface area contributed by atoms with Crippen LogP contribution in [0.15, 0.2) is 46.9 Å². The molecule has 6 nitrogen and oxygen atoms in total. The molecule has 1 atom stereocenters. The number of hydrogen-bond acceptors (Lipinski definition) is 3. The van der Waals surface area contributed by atoms with E-state index in [1.165, 1.54) is 11.1 Å². The number of carbonyl (C=O) groups excluding carboxylic acids is 2. The molecule has 0 bridgehead atoms. The summed E-state index contributed by atoms with van der Waals surface area (Å²) >= 11 is 3.44. The summed E-state index contributed by atoms with van der Waals surface area (Å²) in [6, 6.07) is 14.0. The Kier molecular flexibility index (Phi) is 4.19. The highest BCUT2D eigenvalue weighted by Crippen LogP contribution is 2.32. The monoisotopic (exact) mass is 438 g/mol. The van der Waals surface area contributed by atoms with Crippen LogP contribution in [0.5, 0.6) is 0 Å². The summed E-state index contributed by atoms with van der Waals surface area (Å²) in [5, 5.41) is 8.20. The van der Waals surface area contributed by atoms with Gasteiger partial charge in [0.15, 0.2) is 5.82 Å². The van der Waals surface area contributed by atoms with Crippen molar-refractivity contribution in [3.63, 3.8) is 0 Å². The van der Waals surface area contributed by atoms with E-state index in [4.69, 9.17) is 0 Å². The lowest BCUT2D eigenvalue weighted by molar-refractivity contribution is -0.136. The van der Waals surface area contributed by atoms with E-state index < -0.39 is 0 Å². The van der Waals surface area contributed by atoms with Crippen LogP contribution in [0.4, 0.5) is 5.82 Å². The van der Waals surface area contributed by atoms with Crippen LogP contribution in [0, 0.1) is 5.92 Å². The minimum Gasteiger partial charge on any atom is -0.338 e. The van der Waals surface area contributed by atoms with E-state index >= 15 is 0 Å². The van der Waals surface area contributed by atoms with Gasteiger partial charge in [0.2, 0.25) is 11.8 Å². The molecule has 0 saturated carbocycles. The topological polar surface area (TPSA) is 69.3 Å². The summed E-state index contributed by atoms with van der Waals surface area (Å²) < 4.78 is 0.946. The third kappa shape index (κ3) is 2.90. The van der Waals surface area contributed by atoms with E-state index in [9.17, 15) is 9.59 Å². The molecule has 0 spiro atoms. The quantitative estimate of drug-likeness (QED) is 0.667. The predicted octanol–water partition coefficient (Wildman–Crippen LogP) is 3.26. The molecule has 2 aliphatic rings. The summed E-state index contributed by atoms with van der Waals surface area (Å²) in [5.74, 6) is 0.298. The van der Waals surface area contributed by atoms with E-state index in [1.807, 2.05) is 35.2 Å². The number of nitrogens with zero attached hydrogens (tertiary/aromatic N) is 3. The fourth-order valence-corrected chi connectivity index (χ4v) is 4.56. The van der Waals surface area contributed by atoms with Gasteiger partial charge in [0.1, 0.15) is 0 Å². The molecule has 142 valence electrons. The Bertz CT molecular complexity index is 1090. The van der Waals surface area contributed by atoms with Crippen LogP contribution in [0.1, 0.15) is 17.5 Å². The molecule has 1 saturated heterocycles. The Morgan fingerprint density at radius 3 is 2.86 bits per heavy atom. The zero-order chi connectivity index (χ0) is 19.3. The smallest absolute Gasteiger partial charge is 0.229 e. The zero-order valence-electron chi connectivity index (χ0n) is 15.2. The van der Waals surface area contributed by atoms with Gasteiger partial charge in [-0.25, -0.2) is 0 Å². The Morgan fingerprint density at radius 2 is 2.00 bits per heavy atom. The maximum absolute atomic E-state index is 13.1. The SMILES string of the molecule is O=C(C1CC(=O)N(c2n[nH]c3cc(Br)ccc23)C1)N1CCc2ccccc2C1. The van der Waals surface area contributed by atoms with Crippen LogP contribution >= 0.6 is 15.9 Å². The largest absolute Gasteiger partial charge is 0.338 e. The molecule has 5 rings (SSSR count). The van der Waals surface area contributed by atoms with Crippen LogP contribution in [0.3, 0.4) is 0 Å². The maximum atomic E-state index is 13.1. The number of benzene rings is 2. The van der Waals surface area contributed by atoms with Gasteiger partial charge in [-0.3, -0.25) is 19.6 Å². The van der Waals surface area contributed by atoms with Gasteiger partial charge in [-0.15, -0.1) is 0 Å². The second-order valence-corrected chi connectivity index (χ2v) is 8.34. The Hall–Kier alpha value is -2.67. The molecule has 2 aliphatic heterocycles. The standard InChI is InChI=1S/C21H19BrN4O2/c22-16-5-6-17-18(10-16)23-24-20(17)26-12-15(9-19(26)27)21(28)25-8-7-13-3-1-2-4-14(13)11-25/h1-6,10,15H,7-9,11-12H2,(H,23,24). The van der Waals surface area contributed by atoms with Crippen LogP contribution in [0.2, 0.25) is 0 Å². The van der Waals surface area contributed by atoms with Crippen molar-refractivity contribution in [1.29, 1.82) is 0 Å². The van der Waals surface area contributed by atoms with E-state index in [2.05, 4.69) is 38.3 Å². The second-order valence-electron chi connectivity index (χ2n) is 7.42. The fraction of sp³-hybridized carbons (Fsp3) is 0.286. The van der Waals surface area contributed by atoms with Gasteiger partial charge >= 0.3 is 0 Å². The van der Waals surface area contributed by atoms with Crippen molar-refractivity contribution in [2.75, 3.05) is 18.0 Å². The minimum atomic E-state index is -0.319. The average Bonchev–Trinajstić information content (AvgIpc) is 3.29. The molecule has 2 amide bonds. The van der Waals surface area contributed by atoms with Gasteiger partial charge in [0.05, 0.1) is 11.4 Å². The van der Waals surface area contributed by atoms with Gasteiger partial charge in [-0.1, -0.05) is 40.2 Å². The van der Waals surface area contributed by atoms with Crippen molar-refractivity contribution in [2.45, 2.75) is 19.4 Å². The van der Waals surface area contributed by atoms with Crippen molar-refractivity contribution in [1.82, 2.24) is 15.1 Å². The van der Waals surface area contributed by atoms with Gasteiger partial charge in [0, 0.05) is 35.9 Å². The molecular weight excluding hydrogens is 420 g/mol. The molecule has 7 heteroatoms. The third-order valence-corrected chi connectivity index (χ3v) is 6.17. The van der Waals surface area contributed by atoms with Gasteiger partial charge in [-0.05, 0) is 35.7 Å². The van der Waals surface area contributed by atoms with Crippen molar-refractivity contribution in [3.05, 3.63) is 58.1 Å². The highest BCUT2D eigenvalue weighted by Gasteiger charge is 2.39. The van der Waals surface area contributed by atoms with E-state index in [0.717, 1.165) is 21.8 Å².